The van der Waals surface area contributed by atoms with Crippen LogP contribution in [0.25, 0.3) is 0 Å². The van der Waals surface area contributed by atoms with Gasteiger partial charge in [-0.3, -0.25) is 4.79 Å². The van der Waals surface area contributed by atoms with Crippen molar-refractivity contribution in [2.45, 2.75) is 24.6 Å². The summed E-state index contributed by atoms with van der Waals surface area (Å²) >= 11 is 8.45. The highest BCUT2D eigenvalue weighted by Crippen LogP contribution is 2.53. The maximum Gasteiger partial charge on any atom is 0.346 e. The van der Waals surface area contributed by atoms with Crippen molar-refractivity contribution in [3.63, 3.8) is 0 Å². The Morgan fingerprint density at radius 2 is 1.96 bits per heavy atom. The third kappa shape index (κ3) is 3.26. The number of Topliss-reactive ketones (excluding diaryl/α,β-unsaturated/α-hetero) is 1. The maximum absolute atomic E-state index is 13.4. The number of carbonyl (C=O) groups is 2. The largest absolute Gasteiger partial charge is 0.464 e. The number of ketones is 1. The lowest BCUT2D eigenvalue weighted by molar-refractivity contribution is -0.155. The summed E-state index contributed by atoms with van der Waals surface area (Å²) < 4.78 is 6.83. The van der Waals surface area contributed by atoms with Gasteiger partial charge in [-0.2, -0.15) is 0 Å². The van der Waals surface area contributed by atoms with Gasteiger partial charge in [0, 0.05) is 16.5 Å². The Morgan fingerprint density at radius 3 is 2.46 bits per heavy atom. The lowest BCUT2D eigenvalue weighted by atomic mass is 9.95. The Balaban J connectivity index is 2.13. The molecule has 1 fully saturated rings. The number of esters is 1. The number of hydrogen-bond acceptors (Lipinski definition) is 7. The number of carbonyl (C=O) groups excluding carboxylic acids is 2. The minimum absolute atomic E-state index is 0.166. The lowest BCUT2D eigenvalue weighted by Gasteiger charge is -2.31. The summed E-state index contributed by atoms with van der Waals surface area (Å²) in [6, 6.07) is 6.67. The molecule has 8 heteroatoms. The molecule has 1 unspecified atom stereocenters. The maximum atomic E-state index is 13.4. The second-order valence-electron chi connectivity index (χ2n) is 5.95. The molecule has 0 aromatic heterocycles. The molecule has 0 saturated heterocycles. The van der Waals surface area contributed by atoms with Gasteiger partial charge in [-0.1, -0.05) is 16.1 Å². The monoisotopic (exact) mass is 413 g/mol. The predicted octanol–water partition coefficient (Wildman–Crippen LogP) is 4.33. The standard InChI is InChI=1S/C18H20ClNO4S2/c1-4-23-17(22)18(25-2)14(15(21)11-7-9-13(19)10-8-11)16(12-5-6-12)24-20(18)26-3/h7-10,12H,4-6H2,1-3H3. The van der Waals surface area contributed by atoms with E-state index in [1.807, 2.05) is 6.26 Å². The van der Waals surface area contributed by atoms with Crippen molar-refractivity contribution in [3.8, 4) is 0 Å². The normalized spacial score (nSPS) is 23.1. The average Bonchev–Trinajstić information content (AvgIpc) is 3.42. The Kier molecular flexibility index (Phi) is 5.91. The Hall–Kier alpha value is -1.15. The van der Waals surface area contributed by atoms with Crippen LogP contribution in [0.3, 0.4) is 0 Å². The molecule has 140 valence electrons. The number of thioether (sulfide) groups is 1. The van der Waals surface area contributed by atoms with Gasteiger partial charge in [0.2, 0.25) is 4.87 Å². The van der Waals surface area contributed by atoms with E-state index in [-0.39, 0.29) is 18.3 Å². The van der Waals surface area contributed by atoms with Crippen LogP contribution >= 0.6 is 35.3 Å². The van der Waals surface area contributed by atoms with Crippen molar-refractivity contribution < 1.29 is 19.2 Å². The van der Waals surface area contributed by atoms with E-state index in [0.717, 1.165) is 12.8 Å². The fourth-order valence-electron chi connectivity index (χ4n) is 2.92. The molecule has 1 aromatic carbocycles. The summed E-state index contributed by atoms with van der Waals surface area (Å²) in [6.07, 6.45) is 5.49. The number of benzene rings is 1. The SMILES string of the molecule is CCOC(=O)C1(SC)C(C(=O)c2ccc(Cl)cc2)=C(C2CC2)ON1SC. The van der Waals surface area contributed by atoms with Gasteiger partial charge in [0.25, 0.3) is 0 Å². The van der Waals surface area contributed by atoms with E-state index < -0.39 is 10.8 Å². The second kappa shape index (κ2) is 7.84. The predicted molar refractivity (Wildman–Crippen MR) is 105 cm³/mol. The van der Waals surface area contributed by atoms with Gasteiger partial charge in [-0.05, 0) is 68.5 Å². The van der Waals surface area contributed by atoms with Crippen LogP contribution in [0.5, 0.6) is 0 Å². The minimum atomic E-state index is -1.33. The number of hydrogen-bond donors (Lipinski definition) is 0. The lowest BCUT2D eigenvalue weighted by Crippen LogP contribution is -2.49. The quantitative estimate of drug-likeness (QED) is 0.374. The molecular formula is C18H20ClNO4S2. The topological polar surface area (TPSA) is 55.8 Å². The molecule has 1 aliphatic carbocycles. The molecule has 0 spiro atoms. The first-order valence-corrected chi connectivity index (χ1v) is 11.1. The van der Waals surface area contributed by atoms with Crippen LogP contribution < -0.4 is 0 Å². The Bertz CT molecular complexity index is 748. The van der Waals surface area contributed by atoms with Crippen molar-refractivity contribution in [2.75, 3.05) is 19.1 Å². The van der Waals surface area contributed by atoms with Crippen molar-refractivity contribution in [3.05, 3.63) is 46.2 Å². The molecule has 0 N–H and O–H groups in total. The summed E-state index contributed by atoms with van der Waals surface area (Å²) in [5.74, 6) is 0.0263. The summed E-state index contributed by atoms with van der Waals surface area (Å²) in [5.41, 5.74) is 0.833. The average molecular weight is 414 g/mol. The van der Waals surface area contributed by atoms with E-state index in [1.54, 1.807) is 37.4 Å². The first-order valence-electron chi connectivity index (χ1n) is 8.29. The third-order valence-electron chi connectivity index (χ3n) is 4.32. The van der Waals surface area contributed by atoms with Crippen molar-refractivity contribution >= 4 is 47.1 Å². The van der Waals surface area contributed by atoms with Crippen molar-refractivity contribution in [1.82, 2.24) is 4.47 Å². The highest BCUT2D eigenvalue weighted by Gasteiger charge is 2.61. The second-order valence-corrected chi connectivity index (χ2v) is 8.08. The van der Waals surface area contributed by atoms with Crippen LogP contribution in [0, 0.1) is 5.92 Å². The van der Waals surface area contributed by atoms with Crippen LogP contribution in [0.2, 0.25) is 5.02 Å². The third-order valence-corrected chi connectivity index (χ3v) is 6.49. The number of allylic oxidation sites excluding steroid dienone is 1. The molecular weight excluding hydrogens is 394 g/mol. The summed E-state index contributed by atoms with van der Waals surface area (Å²) in [7, 11) is 0. The first kappa shape index (κ1) is 19.6. The zero-order chi connectivity index (χ0) is 18.9. The molecule has 3 rings (SSSR count). The first-order chi connectivity index (χ1) is 12.5. The van der Waals surface area contributed by atoms with E-state index in [2.05, 4.69) is 0 Å². The molecule has 26 heavy (non-hydrogen) atoms. The van der Waals surface area contributed by atoms with E-state index in [9.17, 15) is 9.59 Å². The van der Waals surface area contributed by atoms with Crippen LogP contribution in [0.1, 0.15) is 30.1 Å². The van der Waals surface area contributed by atoms with Gasteiger partial charge in [0.15, 0.2) is 5.78 Å². The summed E-state index contributed by atoms with van der Waals surface area (Å²) in [6.45, 7) is 1.97. The van der Waals surface area contributed by atoms with E-state index in [4.69, 9.17) is 21.2 Å². The molecule has 1 saturated carbocycles. The Labute approximate surface area is 166 Å². The fourth-order valence-corrected chi connectivity index (χ4v) is 4.88. The molecule has 1 heterocycles. The highest BCUT2D eigenvalue weighted by molar-refractivity contribution is 8.02. The molecule has 1 aliphatic heterocycles. The summed E-state index contributed by atoms with van der Waals surface area (Å²) in [5, 5.41) is 0.549. The van der Waals surface area contributed by atoms with E-state index in [0.29, 0.717) is 21.9 Å². The molecule has 0 amide bonds. The van der Waals surface area contributed by atoms with Gasteiger partial charge in [-0.25, -0.2) is 4.79 Å². The molecule has 1 atom stereocenters. The molecule has 0 bridgehead atoms. The van der Waals surface area contributed by atoms with Gasteiger partial charge in [-0.15, -0.1) is 11.8 Å². The minimum Gasteiger partial charge on any atom is -0.464 e. The highest BCUT2D eigenvalue weighted by atomic mass is 35.5. The zero-order valence-electron chi connectivity index (χ0n) is 14.8. The van der Waals surface area contributed by atoms with Gasteiger partial charge < -0.3 is 9.57 Å². The molecule has 5 nitrogen and oxygen atoms in total. The Morgan fingerprint density at radius 1 is 1.31 bits per heavy atom. The van der Waals surface area contributed by atoms with Gasteiger partial charge in [0.1, 0.15) is 5.76 Å². The zero-order valence-corrected chi connectivity index (χ0v) is 17.2. The van der Waals surface area contributed by atoms with Crippen LogP contribution in [0.4, 0.5) is 0 Å². The van der Waals surface area contributed by atoms with Gasteiger partial charge in [0.05, 0.1) is 12.2 Å². The molecule has 1 aromatic rings. The van der Waals surface area contributed by atoms with Crippen LogP contribution in [-0.2, 0) is 14.4 Å². The van der Waals surface area contributed by atoms with E-state index in [1.165, 1.54) is 28.2 Å². The number of rotatable bonds is 7. The van der Waals surface area contributed by atoms with Crippen molar-refractivity contribution in [2.24, 2.45) is 5.92 Å². The van der Waals surface area contributed by atoms with Crippen molar-refractivity contribution in [1.29, 1.82) is 0 Å². The number of halogens is 1. The van der Waals surface area contributed by atoms with Crippen LogP contribution in [-0.4, -0.2) is 40.2 Å². The number of hydroxylamine groups is 1. The smallest absolute Gasteiger partial charge is 0.346 e. The fraction of sp³-hybridized carbons (Fsp3) is 0.444. The van der Waals surface area contributed by atoms with Crippen LogP contribution in [0.15, 0.2) is 35.6 Å². The number of ether oxygens (including phenoxy) is 1. The van der Waals surface area contributed by atoms with E-state index >= 15 is 0 Å². The summed E-state index contributed by atoms with van der Waals surface area (Å²) in [4.78, 5) is 31.0. The number of nitrogens with zero attached hydrogens (tertiary/aromatic N) is 1. The molecule has 0 radical (unpaired) electrons. The van der Waals surface area contributed by atoms with Gasteiger partial charge >= 0.3 is 5.97 Å². The molecule has 2 aliphatic rings.